The van der Waals surface area contributed by atoms with E-state index in [1.807, 2.05) is 0 Å². The molecule has 0 radical (unpaired) electrons. The summed E-state index contributed by atoms with van der Waals surface area (Å²) >= 11 is 0. The Bertz CT molecular complexity index is 909. The zero-order valence-corrected chi connectivity index (χ0v) is 17.4. The summed E-state index contributed by atoms with van der Waals surface area (Å²) in [5.74, 6) is -0.706. The first-order valence-electron chi connectivity index (χ1n) is 9.47. The molecule has 1 heterocycles. The largest absolute Gasteiger partial charge is 0.506 e. The number of carboxylic acid groups (broad SMARTS) is 1. The van der Waals surface area contributed by atoms with Crippen LogP contribution in [0.15, 0.2) is 42.6 Å². The highest BCUT2D eigenvalue weighted by molar-refractivity contribution is 5.93. The van der Waals surface area contributed by atoms with E-state index in [1.54, 1.807) is 38.4 Å². The zero-order chi connectivity index (χ0) is 23.2. The van der Waals surface area contributed by atoms with Gasteiger partial charge in [-0.1, -0.05) is 12.1 Å². The van der Waals surface area contributed by atoms with Crippen molar-refractivity contribution >= 4 is 18.3 Å². The van der Waals surface area contributed by atoms with E-state index in [0.717, 1.165) is 10.5 Å². The van der Waals surface area contributed by atoms with Crippen LogP contribution in [0, 0.1) is 0 Å². The molecular formula is C21H26N4O6. The molecule has 166 valence electrons. The number of carbonyl (C=O) groups excluding carboxylic acids is 2. The Morgan fingerprint density at radius 3 is 2.26 bits per heavy atom. The molecule has 10 heteroatoms. The molecule has 0 aliphatic heterocycles. The molecule has 2 atom stereocenters. The standard InChI is InChI=1S/C21H26N4O6/c1-21(2,3)25(20(29)30)17(12-26)18(16-9-8-15(27)11-22-16)23-10-13-4-6-14(7-5-13)19(28)24-31/h4-9,11-12,17-18,23,27,31H,10H2,1-3H3,(H,24,28)(H,29,30). The van der Waals surface area contributed by atoms with Crippen LogP contribution in [0.3, 0.4) is 0 Å². The van der Waals surface area contributed by atoms with Gasteiger partial charge in [-0.2, -0.15) is 0 Å². The molecule has 1 aromatic heterocycles. The maximum Gasteiger partial charge on any atom is 0.408 e. The van der Waals surface area contributed by atoms with Crippen LogP contribution >= 0.6 is 0 Å². The maximum atomic E-state index is 12.1. The minimum Gasteiger partial charge on any atom is -0.506 e. The van der Waals surface area contributed by atoms with E-state index in [2.05, 4.69) is 10.3 Å². The first kappa shape index (κ1) is 23.8. The molecule has 2 rings (SSSR count). The van der Waals surface area contributed by atoms with Crippen molar-refractivity contribution in [1.82, 2.24) is 20.7 Å². The van der Waals surface area contributed by atoms with Gasteiger partial charge in [-0.25, -0.2) is 10.3 Å². The summed E-state index contributed by atoms with van der Waals surface area (Å²) in [5.41, 5.74) is 2.08. The lowest BCUT2D eigenvalue weighted by molar-refractivity contribution is -0.114. The van der Waals surface area contributed by atoms with E-state index in [9.17, 15) is 24.6 Å². The van der Waals surface area contributed by atoms with E-state index in [-0.39, 0.29) is 17.9 Å². The number of aromatic hydroxyl groups is 1. The Morgan fingerprint density at radius 1 is 1.16 bits per heavy atom. The average Bonchev–Trinajstić information content (AvgIpc) is 2.72. The van der Waals surface area contributed by atoms with Crippen LogP contribution in [0.25, 0.3) is 0 Å². The number of carbonyl (C=O) groups is 3. The van der Waals surface area contributed by atoms with Crippen LogP contribution in [-0.2, 0) is 11.3 Å². The quantitative estimate of drug-likeness (QED) is 0.242. The molecule has 0 aliphatic carbocycles. The SMILES string of the molecule is CC(C)(C)N(C(=O)O)C(C=O)C(NCc1ccc(C(=O)NO)cc1)c1ccc(O)cn1. The summed E-state index contributed by atoms with van der Waals surface area (Å²) in [6.07, 6.45) is 0.519. The molecule has 31 heavy (non-hydrogen) atoms. The Labute approximate surface area is 179 Å². The number of amides is 2. The number of nitrogens with one attached hydrogen (secondary N) is 2. The van der Waals surface area contributed by atoms with Crippen molar-refractivity contribution in [3.63, 3.8) is 0 Å². The second-order valence-electron chi connectivity index (χ2n) is 7.89. The lowest BCUT2D eigenvalue weighted by Gasteiger charge is -2.40. The van der Waals surface area contributed by atoms with Crippen molar-refractivity contribution in [2.24, 2.45) is 0 Å². The summed E-state index contributed by atoms with van der Waals surface area (Å²) in [6, 6.07) is 7.37. The average molecular weight is 430 g/mol. The van der Waals surface area contributed by atoms with Crippen molar-refractivity contribution in [3.05, 3.63) is 59.4 Å². The van der Waals surface area contributed by atoms with Gasteiger partial charge in [0.05, 0.1) is 17.9 Å². The van der Waals surface area contributed by atoms with Crippen molar-refractivity contribution in [1.29, 1.82) is 0 Å². The summed E-state index contributed by atoms with van der Waals surface area (Å²) in [4.78, 5) is 40.7. The van der Waals surface area contributed by atoms with Crippen molar-refractivity contribution in [2.75, 3.05) is 0 Å². The molecule has 2 unspecified atom stereocenters. The molecule has 0 fully saturated rings. The number of aldehydes is 1. The molecule has 0 aliphatic rings. The zero-order valence-electron chi connectivity index (χ0n) is 17.4. The first-order chi connectivity index (χ1) is 14.6. The van der Waals surface area contributed by atoms with Gasteiger partial charge in [-0.3, -0.25) is 19.9 Å². The predicted octanol–water partition coefficient (Wildman–Crippen LogP) is 2.08. The number of aromatic nitrogens is 1. The molecule has 0 spiro atoms. The van der Waals surface area contributed by atoms with Gasteiger partial charge in [0.1, 0.15) is 18.1 Å². The minimum atomic E-state index is -1.26. The fourth-order valence-electron chi connectivity index (χ4n) is 3.20. The third-order valence-corrected chi connectivity index (χ3v) is 4.64. The summed E-state index contributed by atoms with van der Waals surface area (Å²) in [6.45, 7) is 5.29. The van der Waals surface area contributed by atoms with E-state index in [0.29, 0.717) is 12.0 Å². The molecular weight excluding hydrogens is 404 g/mol. The maximum absolute atomic E-state index is 12.1. The number of hydrogen-bond acceptors (Lipinski definition) is 7. The summed E-state index contributed by atoms with van der Waals surface area (Å²) in [7, 11) is 0. The molecule has 0 saturated carbocycles. The van der Waals surface area contributed by atoms with Gasteiger partial charge >= 0.3 is 6.09 Å². The Morgan fingerprint density at radius 2 is 1.81 bits per heavy atom. The van der Waals surface area contributed by atoms with E-state index in [4.69, 9.17) is 5.21 Å². The van der Waals surface area contributed by atoms with Crippen LogP contribution < -0.4 is 10.8 Å². The highest BCUT2D eigenvalue weighted by Crippen LogP contribution is 2.26. The summed E-state index contributed by atoms with van der Waals surface area (Å²) in [5, 5.41) is 31.2. The smallest absolute Gasteiger partial charge is 0.408 e. The highest BCUT2D eigenvalue weighted by atomic mass is 16.5. The Hall–Kier alpha value is -3.50. The lowest BCUT2D eigenvalue weighted by atomic mass is 9.97. The number of hydrogen-bond donors (Lipinski definition) is 5. The second-order valence-corrected chi connectivity index (χ2v) is 7.89. The first-order valence-corrected chi connectivity index (χ1v) is 9.47. The number of hydroxylamine groups is 1. The van der Waals surface area contributed by atoms with Crippen LogP contribution in [0.2, 0.25) is 0 Å². The number of nitrogens with zero attached hydrogens (tertiary/aromatic N) is 2. The number of rotatable bonds is 8. The van der Waals surface area contributed by atoms with Gasteiger partial charge in [-0.05, 0) is 50.6 Å². The van der Waals surface area contributed by atoms with Gasteiger partial charge in [-0.15, -0.1) is 0 Å². The molecule has 0 bridgehead atoms. The number of benzene rings is 1. The van der Waals surface area contributed by atoms with Gasteiger partial charge in [0.25, 0.3) is 5.91 Å². The van der Waals surface area contributed by atoms with Gasteiger partial charge < -0.3 is 20.3 Å². The Kier molecular flexibility index (Phi) is 7.67. The molecule has 2 aromatic rings. The van der Waals surface area contributed by atoms with Crippen LogP contribution in [0.1, 0.15) is 48.4 Å². The van der Waals surface area contributed by atoms with Gasteiger partial charge in [0, 0.05) is 17.6 Å². The Balaban J connectivity index is 2.36. The molecule has 0 saturated heterocycles. The van der Waals surface area contributed by atoms with Crippen LogP contribution in [-0.4, -0.2) is 55.2 Å². The third-order valence-electron chi connectivity index (χ3n) is 4.64. The fraction of sp³-hybridized carbons (Fsp3) is 0.333. The van der Waals surface area contributed by atoms with Crippen molar-refractivity contribution in [2.45, 2.75) is 44.9 Å². The van der Waals surface area contributed by atoms with Crippen molar-refractivity contribution < 1.29 is 29.8 Å². The van der Waals surface area contributed by atoms with E-state index >= 15 is 0 Å². The molecule has 1 aromatic carbocycles. The van der Waals surface area contributed by atoms with E-state index in [1.165, 1.54) is 30.5 Å². The van der Waals surface area contributed by atoms with Crippen LogP contribution in [0.4, 0.5) is 4.79 Å². The minimum absolute atomic E-state index is 0.0613. The van der Waals surface area contributed by atoms with E-state index < -0.39 is 29.6 Å². The molecule has 10 nitrogen and oxygen atoms in total. The fourth-order valence-corrected chi connectivity index (χ4v) is 3.20. The van der Waals surface area contributed by atoms with Crippen LogP contribution in [0.5, 0.6) is 5.75 Å². The van der Waals surface area contributed by atoms with Gasteiger partial charge in [0.15, 0.2) is 0 Å². The second kappa shape index (κ2) is 10.0. The highest BCUT2D eigenvalue weighted by Gasteiger charge is 2.38. The summed E-state index contributed by atoms with van der Waals surface area (Å²) < 4.78 is 0. The molecule has 2 amide bonds. The van der Waals surface area contributed by atoms with Crippen molar-refractivity contribution in [3.8, 4) is 5.75 Å². The number of pyridine rings is 1. The lowest BCUT2D eigenvalue weighted by Crippen LogP contribution is -2.56. The third kappa shape index (κ3) is 6.00. The molecule has 5 N–H and O–H groups in total. The monoisotopic (exact) mass is 430 g/mol. The normalized spacial score (nSPS) is 13.2. The topological polar surface area (TPSA) is 152 Å². The van der Waals surface area contributed by atoms with Gasteiger partial charge in [0.2, 0.25) is 0 Å². The predicted molar refractivity (Wildman–Crippen MR) is 111 cm³/mol.